The van der Waals surface area contributed by atoms with Gasteiger partial charge in [-0.1, -0.05) is 63.0 Å². The van der Waals surface area contributed by atoms with Crippen molar-refractivity contribution in [2.75, 3.05) is 19.5 Å². The van der Waals surface area contributed by atoms with Crippen LogP contribution < -0.4 is 0 Å². The molecule has 0 aliphatic carbocycles. The fraction of sp³-hybridized carbons (Fsp3) is 0.385. The summed E-state index contributed by atoms with van der Waals surface area (Å²) in [5.41, 5.74) is 4.90. The molecule has 2 heteroatoms. The second kappa shape index (κ2) is 9.50. The van der Waals surface area contributed by atoms with Crippen LogP contribution in [-0.2, 0) is 10.2 Å². The van der Waals surface area contributed by atoms with Crippen LogP contribution in [0.15, 0.2) is 59.5 Å². The summed E-state index contributed by atoms with van der Waals surface area (Å²) in [6.07, 6.45) is 6.61. The van der Waals surface area contributed by atoms with Gasteiger partial charge in [-0.2, -0.15) is 0 Å². The molecule has 0 amide bonds. The van der Waals surface area contributed by atoms with E-state index in [1.807, 2.05) is 0 Å². The fourth-order valence-corrected chi connectivity index (χ4v) is 3.70. The number of allylic oxidation sites excluding steroid dienone is 2. The van der Waals surface area contributed by atoms with Crippen LogP contribution in [0.4, 0.5) is 0 Å². The highest BCUT2D eigenvalue weighted by Gasteiger charge is 2.15. The van der Waals surface area contributed by atoms with Crippen LogP contribution in [0.5, 0.6) is 0 Å². The van der Waals surface area contributed by atoms with Crippen molar-refractivity contribution in [3.8, 4) is 11.8 Å². The summed E-state index contributed by atoms with van der Waals surface area (Å²) in [5.74, 6) is 7.37. The molecule has 0 atom stereocenters. The van der Waals surface area contributed by atoms with Gasteiger partial charge in [-0.25, -0.2) is 0 Å². The van der Waals surface area contributed by atoms with Crippen LogP contribution >= 0.6 is 11.8 Å². The number of ether oxygens (including phenoxy) is 1. The topological polar surface area (TPSA) is 9.23 Å². The van der Waals surface area contributed by atoms with Crippen molar-refractivity contribution < 1.29 is 4.74 Å². The van der Waals surface area contributed by atoms with Crippen LogP contribution in [-0.4, -0.2) is 19.5 Å². The molecular formula is C26H30OS. The van der Waals surface area contributed by atoms with Gasteiger partial charge in [0.25, 0.3) is 0 Å². The first-order valence-corrected chi connectivity index (χ1v) is 11.2. The third-order valence-electron chi connectivity index (χ3n) is 5.16. The number of thioether (sulfide) groups is 1. The Hall–Kier alpha value is -1.95. The van der Waals surface area contributed by atoms with Crippen molar-refractivity contribution in [3.05, 3.63) is 71.3 Å². The Kier molecular flexibility index (Phi) is 7.05. The van der Waals surface area contributed by atoms with Crippen molar-refractivity contribution in [2.24, 2.45) is 5.92 Å². The molecule has 0 spiro atoms. The molecule has 1 aliphatic rings. The lowest BCUT2D eigenvalue weighted by Gasteiger charge is -2.20. The van der Waals surface area contributed by atoms with E-state index in [1.165, 1.54) is 16.0 Å². The molecule has 0 saturated carbocycles. The van der Waals surface area contributed by atoms with E-state index in [-0.39, 0.29) is 5.41 Å². The summed E-state index contributed by atoms with van der Waals surface area (Å²) in [4.78, 5) is 1.27. The van der Waals surface area contributed by atoms with E-state index >= 15 is 0 Å². The predicted octanol–water partition coefficient (Wildman–Crippen LogP) is 6.57. The molecule has 1 fully saturated rings. The van der Waals surface area contributed by atoms with Crippen molar-refractivity contribution in [1.29, 1.82) is 0 Å². The first-order valence-electron chi connectivity index (χ1n) is 10.0. The van der Waals surface area contributed by atoms with Gasteiger partial charge in [0.1, 0.15) is 0 Å². The summed E-state index contributed by atoms with van der Waals surface area (Å²) in [7, 11) is 0. The molecule has 0 unspecified atom stereocenters. The standard InChI is InChI=1S/C26H30OS/c1-26(2,3)24-11-9-22(10-12-24)23(19-21-15-17-27-18-16-21)8-5-20-6-13-25(28-4)14-7-20/h6-7,9-14,19,21H,15-18H2,1-4H3/b23-19-. The van der Waals surface area contributed by atoms with Gasteiger partial charge >= 0.3 is 0 Å². The molecular weight excluding hydrogens is 360 g/mol. The molecule has 1 heterocycles. The van der Waals surface area contributed by atoms with Crippen LogP contribution in [0.1, 0.15) is 50.3 Å². The lowest BCUT2D eigenvalue weighted by molar-refractivity contribution is 0.0787. The van der Waals surface area contributed by atoms with Crippen molar-refractivity contribution in [2.45, 2.75) is 43.9 Å². The molecule has 1 aliphatic heterocycles. The van der Waals surface area contributed by atoms with Gasteiger partial charge in [-0.3, -0.25) is 0 Å². The molecule has 0 bridgehead atoms. The molecule has 1 saturated heterocycles. The summed E-state index contributed by atoms with van der Waals surface area (Å²) in [5, 5.41) is 0. The summed E-state index contributed by atoms with van der Waals surface area (Å²) >= 11 is 1.75. The Labute approximate surface area is 174 Å². The van der Waals surface area contributed by atoms with E-state index in [1.54, 1.807) is 11.8 Å². The van der Waals surface area contributed by atoms with Gasteiger partial charge in [0.15, 0.2) is 0 Å². The lowest BCUT2D eigenvalue weighted by atomic mass is 9.86. The average molecular weight is 391 g/mol. The summed E-state index contributed by atoms with van der Waals surface area (Å²) in [6, 6.07) is 17.4. The summed E-state index contributed by atoms with van der Waals surface area (Å²) in [6.45, 7) is 8.44. The van der Waals surface area contributed by atoms with E-state index < -0.39 is 0 Å². The minimum atomic E-state index is 0.161. The predicted molar refractivity (Wildman–Crippen MR) is 122 cm³/mol. The molecule has 1 nitrogen and oxygen atoms in total. The zero-order valence-electron chi connectivity index (χ0n) is 17.4. The second-order valence-electron chi connectivity index (χ2n) is 8.34. The molecule has 2 aromatic rings. The van der Waals surface area contributed by atoms with E-state index in [0.29, 0.717) is 5.92 Å². The average Bonchev–Trinajstić information content (AvgIpc) is 2.72. The normalized spacial score (nSPS) is 15.8. The van der Waals surface area contributed by atoms with E-state index in [4.69, 9.17) is 4.74 Å². The maximum atomic E-state index is 5.52. The highest BCUT2D eigenvalue weighted by molar-refractivity contribution is 7.98. The number of hydrogen-bond donors (Lipinski definition) is 0. The van der Waals surface area contributed by atoms with Crippen molar-refractivity contribution >= 4 is 17.3 Å². The molecule has 0 aromatic heterocycles. The highest BCUT2D eigenvalue weighted by atomic mass is 32.2. The first-order chi connectivity index (χ1) is 13.5. The number of rotatable bonds is 3. The lowest BCUT2D eigenvalue weighted by Crippen LogP contribution is -2.14. The van der Waals surface area contributed by atoms with Crippen LogP contribution in [0.2, 0.25) is 0 Å². The number of benzene rings is 2. The van der Waals surface area contributed by atoms with Crippen LogP contribution in [0, 0.1) is 17.8 Å². The first kappa shape index (κ1) is 20.8. The zero-order chi connectivity index (χ0) is 20.0. The molecule has 146 valence electrons. The SMILES string of the molecule is CSc1ccc(C#C/C(=C/C2CCOCC2)c2ccc(C(C)(C)C)cc2)cc1. The second-order valence-corrected chi connectivity index (χ2v) is 9.22. The fourth-order valence-electron chi connectivity index (χ4n) is 3.29. The maximum absolute atomic E-state index is 5.52. The molecule has 0 radical (unpaired) electrons. The Morgan fingerprint density at radius 1 is 1.00 bits per heavy atom. The number of hydrogen-bond acceptors (Lipinski definition) is 2. The van der Waals surface area contributed by atoms with E-state index in [9.17, 15) is 0 Å². The minimum Gasteiger partial charge on any atom is -0.381 e. The molecule has 0 N–H and O–H groups in total. The summed E-state index contributed by atoms with van der Waals surface area (Å²) < 4.78 is 5.52. The maximum Gasteiger partial charge on any atom is 0.0471 e. The third kappa shape index (κ3) is 5.77. The zero-order valence-corrected chi connectivity index (χ0v) is 18.2. The van der Waals surface area contributed by atoms with Gasteiger partial charge in [0, 0.05) is 29.2 Å². The third-order valence-corrected chi connectivity index (χ3v) is 5.91. The molecule has 3 rings (SSSR count). The van der Waals surface area contributed by atoms with Gasteiger partial charge < -0.3 is 4.74 Å². The van der Waals surface area contributed by atoms with Gasteiger partial charge in [0.05, 0.1) is 0 Å². The Morgan fingerprint density at radius 3 is 2.21 bits per heavy atom. The monoisotopic (exact) mass is 390 g/mol. The minimum absolute atomic E-state index is 0.161. The van der Waals surface area contributed by atoms with Crippen molar-refractivity contribution in [3.63, 3.8) is 0 Å². The Bertz CT molecular complexity index is 852. The van der Waals surface area contributed by atoms with Crippen LogP contribution in [0.3, 0.4) is 0 Å². The van der Waals surface area contributed by atoms with Gasteiger partial charge in [-0.15, -0.1) is 11.8 Å². The van der Waals surface area contributed by atoms with Gasteiger partial charge in [-0.05, 0) is 65.8 Å². The quantitative estimate of drug-likeness (QED) is 0.433. The smallest absolute Gasteiger partial charge is 0.0471 e. The van der Waals surface area contributed by atoms with Gasteiger partial charge in [0.2, 0.25) is 0 Å². The Balaban J connectivity index is 1.91. The van der Waals surface area contributed by atoms with Crippen molar-refractivity contribution in [1.82, 2.24) is 0 Å². The highest BCUT2D eigenvalue weighted by Crippen LogP contribution is 2.26. The van der Waals surface area contributed by atoms with E-state index in [0.717, 1.165) is 37.2 Å². The Morgan fingerprint density at radius 2 is 1.64 bits per heavy atom. The molecule has 2 aromatic carbocycles. The largest absolute Gasteiger partial charge is 0.381 e. The molecule has 28 heavy (non-hydrogen) atoms. The van der Waals surface area contributed by atoms with E-state index in [2.05, 4.69) is 93.5 Å². The van der Waals surface area contributed by atoms with Crippen LogP contribution in [0.25, 0.3) is 5.57 Å².